The highest BCUT2D eigenvalue weighted by Gasteiger charge is 2.34. The third-order valence-corrected chi connectivity index (χ3v) is 4.56. The molecule has 2 N–H and O–H groups in total. The molecule has 0 unspecified atom stereocenters. The molecule has 120 valence electrons. The van der Waals surface area contributed by atoms with Gasteiger partial charge in [0.25, 0.3) is 11.8 Å². The third-order valence-electron chi connectivity index (χ3n) is 3.25. The summed E-state index contributed by atoms with van der Waals surface area (Å²) in [4.78, 5) is 25.1. The van der Waals surface area contributed by atoms with Crippen LogP contribution in [0.4, 0.5) is 0 Å². The third kappa shape index (κ3) is 3.32. The number of para-hydroxylation sites is 1. The summed E-state index contributed by atoms with van der Waals surface area (Å²) in [6.45, 7) is 0. The molecule has 1 aliphatic heterocycles. The van der Waals surface area contributed by atoms with Crippen LogP contribution in [-0.4, -0.2) is 26.3 Å². The molecule has 0 bridgehead atoms. The highest BCUT2D eigenvalue weighted by atomic mass is 32.2. The van der Waals surface area contributed by atoms with Gasteiger partial charge in [0, 0.05) is 0 Å². The zero-order chi connectivity index (χ0) is 17.1. The first-order valence-corrected chi connectivity index (χ1v) is 8.21. The van der Waals surface area contributed by atoms with Crippen molar-refractivity contribution in [2.24, 2.45) is 0 Å². The number of nitrogens with zero attached hydrogens (tertiary/aromatic N) is 1. The number of hydrogen-bond acceptors (Lipinski definition) is 5. The van der Waals surface area contributed by atoms with E-state index in [1.165, 1.54) is 12.1 Å². The average molecular weight is 356 g/mol. The monoisotopic (exact) mass is 356 g/mol. The lowest BCUT2D eigenvalue weighted by Crippen LogP contribution is -2.44. The molecule has 1 fully saturated rings. The number of carbonyl (C=O) groups is 2. The van der Waals surface area contributed by atoms with E-state index in [4.69, 9.17) is 12.2 Å². The molecule has 0 radical (unpaired) electrons. The number of aromatic hydroxyl groups is 1. The Balaban J connectivity index is 1.79. The van der Waals surface area contributed by atoms with Gasteiger partial charge in [-0.25, -0.2) is 0 Å². The van der Waals surface area contributed by atoms with E-state index in [0.29, 0.717) is 4.91 Å². The van der Waals surface area contributed by atoms with Gasteiger partial charge in [0.2, 0.25) is 0 Å². The van der Waals surface area contributed by atoms with Crippen LogP contribution < -0.4 is 5.43 Å². The van der Waals surface area contributed by atoms with Crippen LogP contribution in [0.5, 0.6) is 5.75 Å². The number of hydrogen-bond donors (Lipinski definition) is 2. The number of benzene rings is 2. The Labute approximate surface area is 147 Å². The van der Waals surface area contributed by atoms with Gasteiger partial charge in [-0.3, -0.25) is 15.0 Å². The minimum atomic E-state index is -0.606. The van der Waals surface area contributed by atoms with Gasteiger partial charge in [-0.05, 0) is 36.0 Å². The largest absolute Gasteiger partial charge is 0.507 e. The van der Waals surface area contributed by atoms with Crippen molar-refractivity contribution in [1.82, 2.24) is 10.4 Å². The first-order chi connectivity index (χ1) is 11.6. The zero-order valence-electron chi connectivity index (χ0n) is 12.3. The zero-order valence-corrected chi connectivity index (χ0v) is 13.9. The predicted octanol–water partition coefficient (Wildman–Crippen LogP) is 2.94. The van der Waals surface area contributed by atoms with Crippen LogP contribution in [0.15, 0.2) is 59.5 Å². The fourth-order valence-electron chi connectivity index (χ4n) is 2.09. The van der Waals surface area contributed by atoms with Crippen molar-refractivity contribution in [3.8, 4) is 5.75 Å². The van der Waals surface area contributed by atoms with Crippen LogP contribution in [0.1, 0.15) is 15.9 Å². The van der Waals surface area contributed by atoms with E-state index in [1.54, 1.807) is 18.2 Å². The Morgan fingerprint density at radius 3 is 2.50 bits per heavy atom. The van der Waals surface area contributed by atoms with Crippen molar-refractivity contribution in [3.05, 3.63) is 70.6 Å². The molecule has 1 heterocycles. The maximum atomic E-state index is 12.4. The topological polar surface area (TPSA) is 69.6 Å². The molecule has 0 atom stereocenters. The molecule has 0 aliphatic carbocycles. The summed E-state index contributed by atoms with van der Waals surface area (Å²) in [5.74, 6) is -1.18. The molecule has 0 spiro atoms. The lowest BCUT2D eigenvalue weighted by Gasteiger charge is -2.16. The van der Waals surface area contributed by atoms with Crippen molar-refractivity contribution >= 4 is 46.2 Å². The Bertz CT molecular complexity index is 850. The quantitative estimate of drug-likeness (QED) is 0.654. The Morgan fingerprint density at radius 1 is 1.12 bits per heavy atom. The molecule has 0 saturated carbocycles. The average Bonchev–Trinajstić information content (AvgIpc) is 2.83. The smallest absolute Gasteiger partial charge is 0.285 e. The predicted molar refractivity (Wildman–Crippen MR) is 97.0 cm³/mol. The van der Waals surface area contributed by atoms with Gasteiger partial charge < -0.3 is 5.11 Å². The van der Waals surface area contributed by atoms with Gasteiger partial charge in [0.1, 0.15) is 5.75 Å². The minimum absolute atomic E-state index is 0.0681. The molecular formula is C17H12N2O3S2. The Morgan fingerprint density at radius 2 is 1.79 bits per heavy atom. The van der Waals surface area contributed by atoms with Crippen LogP contribution in [0.3, 0.4) is 0 Å². The van der Waals surface area contributed by atoms with E-state index in [0.717, 1.165) is 22.3 Å². The number of phenolic OH excluding ortho intramolecular Hbond substituents is 1. The van der Waals surface area contributed by atoms with Crippen LogP contribution in [0, 0.1) is 0 Å². The maximum absolute atomic E-state index is 12.4. The van der Waals surface area contributed by atoms with Crippen molar-refractivity contribution in [2.75, 3.05) is 0 Å². The Kier molecular flexibility index (Phi) is 4.64. The van der Waals surface area contributed by atoms with Crippen LogP contribution in [0.25, 0.3) is 6.08 Å². The summed E-state index contributed by atoms with van der Waals surface area (Å²) in [7, 11) is 0. The number of thiocarbonyl (C=S) groups is 1. The molecule has 2 aromatic rings. The summed E-state index contributed by atoms with van der Waals surface area (Å²) in [6.07, 6.45) is 1.71. The second-order valence-corrected chi connectivity index (χ2v) is 6.56. The second-order valence-electron chi connectivity index (χ2n) is 4.89. The number of hydrazine groups is 1. The highest BCUT2D eigenvalue weighted by molar-refractivity contribution is 8.26. The summed E-state index contributed by atoms with van der Waals surface area (Å²) >= 11 is 6.27. The molecule has 1 aliphatic rings. The molecular weight excluding hydrogens is 344 g/mol. The van der Waals surface area contributed by atoms with Crippen molar-refractivity contribution in [3.63, 3.8) is 0 Å². The highest BCUT2D eigenvalue weighted by Crippen LogP contribution is 2.31. The van der Waals surface area contributed by atoms with E-state index >= 15 is 0 Å². The van der Waals surface area contributed by atoms with Gasteiger partial charge in [-0.1, -0.05) is 54.2 Å². The molecule has 2 aromatic carbocycles. The maximum Gasteiger partial charge on any atom is 0.285 e. The first-order valence-electron chi connectivity index (χ1n) is 6.98. The standard InChI is InChI=1S/C17H12N2O3S2/c20-13-9-5-4-8-12(13)15(21)18-19-16(22)14(24-17(19)23)10-11-6-2-1-3-7-11/h1-10,20H,(H,18,21)/b14-10-. The SMILES string of the molecule is O=C(NN1C(=O)/C(=C/c2ccccc2)SC1=S)c1ccccc1O. The van der Waals surface area contributed by atoms with Crippen molar-refractivity contribution in [2.45, 2.75) is 0 Å². The number of phenols is 1. The second kappa shape index (κ2) is 6.86. The number of amides is 2. The minimum Gasteiger partial charge on any atom is -0.507 e. The van der Waals surface area contributed by atoms with E-state index in [2.05, 4.69) is 5.43 Å². The first kappa shape index (κ1) is 16.2. The molecule has 2 amide bonds. The summed E-state index contributed by atoms with van der Waals surface area (Å²) in [5, 5.41) is 10.7. The van der Waals surface area contributed by atoms with Gasteiger partial charge in [-0.2, -0.15) is 5.01 Å². The van der Waals surface area contributed by atoms with Crippen LogP contribution in [0.2, 0.25) is 0 Å². The fraction of sp³-hybridized carbons (Fsp3) is 0. The van der Waals surface area contributed by atoms with Crippen molar-refractivity contribution < 1.29 is 14.7 Å². The van der Waals surface area contributed by atoms with Gasteiger partial charge >= 0.3 is 0 Å². The van der Waals surface area contributed by atoms with Gasteiger partial charge in [-0.15, -0.1) is 0 Å². The summed E-state index contributed by atoms with van der Waals surface area (Å²) in [6, 6.07) is 15.4. The van der Waals surface area contributed by atoms with Gasteiger partial charge in [0.05, 0.1) is 10.5 Å². The molecule has 5 nitrogen and oxygen atoms in total. The number of thioether (sulfide) groups is 1. The summed E-state index contributed by atoms with van der Waals surface area (Å²) < 4.78 is 0.228. The normalized spacial score (nSPS) is 15.8. The fourth-order valence-corrected chi connectivity index (χ4v) is 3.27. The number of rotatable bonds is 3. The Hall–Kier alpha value is -2.64. The molecule has 0 aromatic heterocycles. The number of nitrogens with one attached hydrogen (secondary N) is 1. The molecule has 7 heteroatoms. The van der Waals surface area contributed by atoms with E-state index in [-0.39, 0.29) is 15.6 Å². The van der Waals surface area contributed by atoms with E-state index in [9.17, 15) is 14.7 Å². The molecule has 24 heavy (non-hydrogen) atoms. The van der Waals surface area contributed by atoms with Crippen molar-refractivity contribution in [1.29, 1.82) is 0 Å². The lowest BCUT2D eigenvalue weighted by molar-refractivity contribution is -0.123. The van der Waals surface area contributed by atoms with Gasteiger partial charge in [0.15, 0.2) is 4.32 Å². The lowest BCUT2D eigenvalue weighted by atomic mass is 10.2. The summed E-state index contributed by atoms with van der Waals surface area (Å²) in [5.41, 5.74) is 3.37. The molecule has 3 rings (SSSR count). The van der Waals surface area contributed by atoms with Crippen LogP contribution >= 0.6 is 24.0 Å². The van der Waals surface area contributed by atoms with Crippen LogP contribution in [-0.2, 0) is 4.79 Å². The number of carbonyl (C=O) groups excluding carboxylic acids is 2. The van der Waals surface area contributed by atoms with E-state index < -0.39 is 11.8 Å². The molecule has 1 saturated heterocycles. The van der Waals surface area contributed by atoms with E-state index in [1.807, 2.05) is 30.3 Å².